The van der Waals surface area contributed by atoms with E-state index in [1.807, 2.05) is 20.8 Å². The lowest BCUT2D eigenvalue weighted by molar-refractivity contribution is -0.151. The van der Waals surface area contributed by atoms with Crippen molar-refractivity contribution < 1.29 is 14.2 Å². The highest BCUT2D eigenvalue weighted by molar-refractivity contribution is 5.66. The first-order valence-electron chi connectivity index (χ1n) is 2.61. The summed E-state index contributed by atoms with van der Waals surface area (Å²) in [6.45, 7) is 6.93. The van der Waals surface area contributed by atoms with Crippen molar-refractivity contribution >= 4 is 5.97 Å². The van der Waals surface area contributed by atoms with Gasteiger partial charge in [-0.2, -0.15) is 0 Å². The molecule has 0 saturated heterocycles. The molecule has 0 aromatic heterocycles. The minimum absolute atomic E-state index is 0. The molecule has 9 heavy (non-hydrogen) atoms. The van der Waals surface area contributed by atoms with E-state index in [-0.39, 0.29) is 16.3 Å². The molecule has 0 aliphatic heterocycles. The summed E-state index contributed by atoms with van der Waals surface area (Å²) in [5, 5.41) is 0. The Labute approximate surface area is 54.6 Å². The van der Waals surface area contributed by atoms with Crippen LogP contribution in [0.3, 0.4) is 0 Å². The lowest BCUT2D eigenvalue weighted by Gasteiger charge is -2.17. The monoisotopic (exact) mass is 136 g/mol. The molecule has 0 aromatic rings. The largest absolute Gasteiger partial charge is 0.460 e. The highest BCUT2D eigenvalue weighted by Crippen LogP contribution is 2.05. The van der Waals surface area contributed by atoms with Gasteiger partial charge in [-0.25, -0.2) is 0 Å². The fourth-order valence-electron chi connectivity index (χ4n) is 0.431. The van der Waals surface area contributed by atoms with Crippen LogP contribution < -0.4 is 0 Å². The third-order valence-electron chi connectivity index (χ3n) is 0.450. The molecule has 0 heterocycles. The van der Waals surface area contributed by atoms with Gasteiger partial charge < -0.3 is 4.74 Å². The van der Waals surface area contributed by atoms with Crippen LogP contribution in [0.4, 0.5) is 4.70 Å². The van der Waals surface area contributed by atoms with E-state index in [4.69, 9.17) is 4.74 Å². The number of hydrogen-bond donors (Lipinski definition) is 0. The predicted molar refractivity (Wildman–Crippen MR) is 34.0 cm³/mol. The van der Waals surface area contributed by atoms with Gasteiger partial charge in [0, 0.05) is 6.92 Å². The average Bonchev–Trinajstić information content (AvgIpc) is 1.21. The molecule has 0 rings (SSSR count). The second-order valence-electron chi connectivity index (χ2n) is 2.71. The lowest BCUT2D eigenvalue weighted by atomic mass is 10.2. The van der Waals surface area contributed by atoms with Crippen LogP contribution in [0.5, 0.6) is 0 Å². The van der Waals surface area contributed by atoms with E-state index in [1.165, 1.54) is 6.92 Å². The van der Waals surface area contributed by atoms with Crippen molar-refractivity contribution in [1.29, 1.82) is 0 Å². The first kappa shape index (κ1) is 11.2. The Morgan fingerprint density at radius 3 is 1.67 bits per heavy atom. The van der Waals surface area contributed by atoms with Gasteiger partial charge in [0.1, 0.15) is 5.60 Å². The molecule has 0 bridgehead atoms. The number of rotatable bonds is 0. The van der Waals surface area contributed by atoms with Crippen LogP contribution in [0, 0.1) is 0 Å². The van der Waals surface area contributed by atoms with Gasteiger partial charge in [0.25, 0.3) is 0 Å². The van der Waals surface area contributed by atoms with Gasteiger partial charge in [0.15, 0.2) is 0 Å². The van der Waals surface area contributed by atoms with Gasteiger partial charge in [-0.3, -0.25) is 9.50 Å². The van der Waals surface area contributed by atoms with Crippen molar-refractivity contribution in [3.63, 3.8) is 0 Å². The molecule has 0 saturated carbocycles. The fourth-order valence-corrected chi connectivity index (χ4v) is 0.431. The predicted octanol–water partition coefficient (Wildman–Crippen LogP) is 1.50. The fraction of sp³-hybridized carbons (Fsp3) is 0.833. The van der Waals surface area contributed by atoms with Crippen LogP contribution in [-0.2, 0) is 9.53 Å². The number of hydrogen-bond acceptors (Lipinski definition) is 2. The maximum atomic E-state index is 10.2. The van der Waals surface area contributed by atoms with E-state index >= 15 is 0 Å². The Hall–Kier alpha value is -0.600. The number of halogens is 1. The molecule has 0 N–H and O–H groups in total. The summed E-state index contributed by atoms with van der Waals surface area (Å²) in [4.78, 5) is 10.2. The Bertz CT molecular complexity index is 93.7. The second-order valence-corrected chi connectivity index (χ2v) is 2.71. The highest BCUT2D eigenvalue weighted by atomic mass is 19.0. The van der Waals surface area contributed by atoms with E-state index in [0.717, 1.165) is 0 Å². The van der Waals surface area contributed by atoms with Gasteiger partial charge in [-0.1, -0.05) is 0 Å². The van der Waals surface area contributed by atoms with Gasteiger partial charge in [0.05, 0.1) is 0 Å². The van der Waals surface area contributed by atoms with Crippen molar-refractivity contribution in [2.24, 2.45) is 0 Å². The van der Waals surface area contributed by atoms with Gasteiger partial charge >= 0.3 is 5.97 Å². The molecule has 0 amide bonds. The van der Waals surface area contributed by atoms with E-state index < -0.39 is 0 Å². The van der Waals surface area contributed by atoms with Gasteiger partial charge in [-0.05, 0) is 20.8 Å². The molecule has 0 spiro atoms. The van der Waals surface area contributed by atoms with Crippen LogP contribution in [0.25, 0.3) is 0 Å². The van der Waals surface area contributed by atoms with Gasteiger partial charge in [-0.15, -0.1) is 0 Å². The minimum Gasteiger partial charge on any atom is -0.460 e. The Kier molecular flexibility index (Phi) is 4.28. The molecule has 0 atom stereocenters. The number of ether oxygens (including phenoxy) is 1. The van der Waals surface area contributed by atoms with E-state index in [0.29, 0.717) is 0 Å². The lowest BCUT2D eigenvalue weighted by Crippen LogP contribution is -2.21. The number of carbonyl (C=O) groups excluding carboxylic acids is 1. The van der Waals surface area contributed by atoms with Crippen LogP contribution in [0.2, 0.25) is 0 Å². The van der Waals surface area contributed by atoms with Crippen molar-refractivity contribution in [3.8, 4) is 0 Å². The minimum atomic E-state index is -0.328. The molecule has 0 aromatic carbocycles. The third kappa shape index (κ3) is 11.1. The van der Waals surface area contributed by atoms with E-state index in [1.54, 1.807) is 0 Å². The Balaban J connectivity index is 0. The topological polar surface area (TPSA) is 26.3 Å². The Morgan fingerprint density at radius 2 is 1.67 bits per heavy atom. The maximum absolute atomic E-state index is 10.2. The van der Waals surface area contributed by atoms with Crippen molar-refractivity contribution in [2.75, 3.05) is 0 Å². The van der Waals surface area contributed by atoms with Crippen molar-refractivity contribution in [1.82, 2.24) is 0 Å². The zero-order valence-electron chi connectivity index (χ0n) is 6.22. The third-order valence-corrected chi connectivity index (χ3v) is 0.450. The zero-order valence-corrected chi connectivity index (χ0v) is 6.22. The Morgan fingerprint density at radius 1 is 1.33 bits per heavy atom. The van der Waals surface area contributed by atoms with Crippen molar-refractivity contribution in [2.45, 2.75) is 33.3 Å². The van der Waals surface area contributed by atoms with E-state index in [2.05, 4.69) is 0 Å². The average molecular weight is 136 g/mol. The molecular formula is C6H13FO2. The molecule has 56 valence electrons. The molecular weight excluding hydrogens is 123 g/mol. The first-order chi connectivity index (χ1) is 3.42. The maximum Gasteiger partial charge on any atom is 0.303 e. The number of esters is 1. The summed E-state index contributed by atoms with van der Waals surface area (Å²) >= 11 is 0. The van der Waals surface area contributed by atoms with Crippen LogP contribution in [0.1, 0.15) is 27.7 Å². The molecule has 0 radical (unpaired) electrons. The zero-order chi connectivity index (χ0) is 6.78. The second kappa shape index (κ2) is 3.43. The molecule has 0 aliphatic carbocycles. The molecule has 0 aliphatic rings. The highest BCUT2D eigenvalue weighted by Gasteiger charge is 2.11. The number of carbonyl (C=O) groups is 1. The molecule has 3 heteroatoms. The molecule has 2 nitrogen and oxygen atoms in total. The molecule has 0 unspecified atom stereocenters. The quantitative estimate of drug-likeness (QED) is 0.472. The standard InChI is InChI=1S/C6H12O2.FH/c1-5(7)8-6(2,3)4;/h1-4H3;1H. The summed E-state index contributed by atoms with van der Waals surface area (Å²) in [5.74, 6) is -0.225. The van der Waals surface area contributed by atoms with Gasteiger partial charge in [0.2, 0.25) is 0 Å². The smallest absolute Gasteiger partial charge is 0.303 e. The summed E-state index contributed by atoms with van der Waals surface area (Å²) < 4.78 is 4.80. The summed E-state index contributed by atoms with van der Waals surface area (Å²) in [6.07, 6.45) is 0. The van der Waals surface area contributed by atoms with Crippen LogP contribution >= 0.6 is 0 Å². The van der Waals surface area contributed by atoms with Crippen molar-refractivity contribution in [3.05, 3.63) is 0 Å². The van der Waals surface area contributed by atoms with Crippen LogP contribution in [-0.4, -0.2) is 11.6 Å². The SMILES string of the molecule is CC(=O)OC(C)(C)C.F. The normalized spacial score (nSPS) is 9.78. The summed E-state index contributed by atoms with van der Waals surface area (Å²) in [7, 11) is 0. The van der Waals surface area contributed by atoms with Crippen LogP contribution in [0.15, 0.2) is 0 Å². The summed E-state index contributed by atoms with van der Waals surface area (Å²) in [6, 6.07) is 0. The molecule has 0 fully saturated rings. The van der Waals surface area contributed by atoms with E-state index in [9.17, 15) is 4.79 Å². The first-order valence-corrected chi connectivity index (χ1v) is 2.61. The summed E-state index contributed by atoms with van der Waals surface area (Å²) in [5.41, 5.74) is -0.328.